The molecule has 1 fully saturated rings. The molecular formula is C18H20N2O2. The molecule has 0 unspecified atom stereocenters. The maximum absolute atomic E-state index is 12.5. The van der Waals surface area contributed by atoms with Gasteiger partial charge in [0.1, 0.15) is 5.56 Å². The van der Waals surface area contributed by atoms with Gasteiger partial charge in [-0.25, -0.2) is 0 Å². The van der Waals surface area contributed by atoms with Gasteiger partial charge >= 0.3 is 0 Å². The topological polar surface area (TPSA) is 53.2 Å². The molecule has 22 heavy (non-hydrogen) atoms. The van der Waals surface area contributed by atoms with E-state index in [-0.39, 0.29) is 17.0 Å². The molecule has 0 spiro atoms. The molecular weight excluding hydrogens is 276 g/mol. The number of carbonyl (C=O) groups is 1. The van der Waals surface area contributed by atoms with Crippen molar-refractivity contribution in [3.8, 4) is 0 Å². The summed E-state index contributed by atoms with van der Waals surface area (Å²) in [5.74, 6) is 0.342. The molecule has 3 rings (SSSR count). The SMILES string of the molecule is Cc1ccc(C(=O)N2CCC(c3ccccc3)CC2)c(=O)[nH]1. The predicted octanol–water partition coefficient (Wildman–Crippen LogP) is 2.70. The summed E-state index contributed by atoms with van der Waals surface area (Å²) in [6.45, 7) is 3.21. The first-order chi connectivity index (χ1) is 10.6. The van der Waals surface area contributed by atoms with E-state index in [0.717, 1.165) is 18.5 Å². The summed E-state index contributed by atoms with van der Waals surface area (Å²) in [6.07, 6.45) is 1.89. The van der Waals surface area contributed by atoms with Crippen LogP contribution >= 0.6 is 0 Å². The van der Waals surface area contributed by atoms with Gasteiger partial charge in [-0.1, -0.05) is 30.3 Å². The van der Waals surface area contributed by atoms with Crippen molar-refractivity contribution in [1.29, 1.82) is 0 Å². The normalized spacial score (nSPS) is 15.8. The fourth-order valence-corrected chi connectivity index (χ4v) is 3.05. The van der Waals surface area contributed by atoms with Crippen molar-refractivity contribution in [2.24, 2.45) is 0 Å². The van der Waals surface area contributed by atoms with Crippen molar-refractivity contribution in [1.82, 2.24) is 9.88 Å². The molecule has 114 valence electrons. The maximum atomic E-state index is 12.5. The second kappa shape index (κ2) is 6.18. The summed E-state index contributed by atoms with van der Waals surface area (Å²) in [5.41, 5.74) is 2.05. The Morgan fingerprint density at radius 3 is 2.41 bits per heavy atom. The van der Waals surface area contributed by atoms with Crippen molar-refractivity contribution in [3.63, 3.8) is 0 Å². The molecule has 1 amide bonds. The number of aryl methyl sites for hydroxylation is 1. The Hall–Kier alpha value is -2.36. The van der Waals surface area contributed by atoms with Crippen LogP contribution in [0.2, 0.25) is 0 Å². The van der Waals surface area contributed by atoms with E-state index < -0.39 is 0 Å². The first kappa shape index (κ1) is 14.6. The number of likely N-dealkylation sites (tertiary alicyclic amines) is 1. The van der Waals surface area contributed by atoms with Gasteiger partial charge in [0, 0.05) is 18.8 Å². The van der Waals surface area contributed by atoms with Gasteiger partial charge in [0.15, 0.2) is 0 Å². The Morgan fingerprint density at radius 2 is 1.77 bits per heavy atom. The number of hydrogen-bond acceptors (Lipinski definition) is 2. The third kappa shape index (κ3) is 2.96. The van der Waals surface area contributed by atoms with Gasteiger partial charge in [0.05, 0.1) is 0 Å². The van der Waals surface area contributed by atoms with Crippen LogP contribution in [0.25, 0.3) is 0 Å². The number of carbonyl (C=O) groups excluding carboxylic acids is 1. The Bertz CT molecular complexity index is 713. The number of hydrogen-bond donors (Lipinski definition) is 1. The summed E-state index contributed by atoms with van der Waals surface area (Å²) in [5, 5.41) is 0. The maximum Gasteiger partial charge on any atom is 0.260 e. The highest BCUT2D eigenvalue weighted by Gasteiger charge is 2.25. The summed E-state index contributed by atoms with van der Waals surface area (Å²) < 4.78 is 0. The van der Waals surface area contributed by atoms with Crippen LogP contribution in [0.1, 0.15) is 40.4 Å². The lowest BCUT2D eigenvalue weighted by Crippen LogP contribution is -2.40. The number of aromatic nitrogens is 1. The minimum Gasteiger partial charge on any atom is -0.338 e. The second-order valence-electron chi connectivity index (χ2n) is 5.86. The van der Waals surface area contributed by atoms with Crippen LogP contribution in [0, 0.1) is 6.92 Å². The van der Waals surface area contributed by atoms with Crippen molar-refractivity contribution >= 4 is 5.91 Å². The minimum atomic E-state index is -0.296. The number of aromatic amines is 1. The lowest BCUT2D eigenvalue weighted by molar-refractivity contribution is 0.0711. The number of nitrogens with one attached hydrogen (secondary N) is 1. The molecule has 4 heteroatoms. The van der Waals surface area contributed by atoms with E-state index in [4.69, 9.17) is 0 Å². The first-order valence-electron chi connectivity index (χ1n) is 7.69. The number of rotatable bonds is 2. The molecule has 0 bridgehead atoms. The van der Waals surface area contributed by atoms with Crippen molar-refractivity contribution < 1.29 is 4.79 Å². The van der Waals surface area contributed by atoms with Gasteiger partial charge in [0.25, 0.3) is 11.5 Å². The number of amides is 1. The molecule has 0 radical (unpaired) electrons. The molecule has 2 aromatic rings. The van der Waals surface area contributed by atoms with Crippen LogP contribution in [0.3, 0.4) is 0 Å². The third-order valence-corrected chi connectivity index (χ3v) is 4.34. The molecule has 1 saturated heterocycles. The number of nitrogens with zero attached hydrogens (tertiary/aromatic N) is 1. The zero-order valence-electron chi connectivity index (χ0n) is 12.7. The quantitative estimate of drug-likeness (QED) is 0.926. The highest BCUT2D eigenvalue weighted by Crippen LogP contribution is 2.28. The standard InChI is InChI=1S/C18H20N2O2/c1-13-7-8-16(17(21)19-13)18(22)20-11-9-15(10-12-20)14-5-3-2-4-6-14/h2-8,15H,9-12H2,1H3,(H,19,21). The summed E-state index contributed by atoms with van der Waals surface area (Å²) >= 11 is 0. The highest BCUT2D eigenvalue weighted by molar-refractivity contribution is 5.93. The van der Waals surface area contributed by atoms with Gasteiger partial charge in [-0.3, -0.25) is 9.59 Å². The molecule has 1 aliphatic heterocycles. The van der Waals surface area contributed by atoms with Crippen molar-refractivity contribution in [2.45, 2.75) is 25.7 Å². The zero-order valence-corrected chi connectivity index (χ0v) is 12.7. The van der Waals surface area contributed by atoms with Crippen LogP contribution < -0.4 is 5.56 Å². The first-order valence-corrected chi connectivity index (χ1v) is 7.69. The largest absolute Gasteiger partial charge is 0.338 e. The molecule has 1 aromatic carbocycles. The third-order valence-electron chi connectivity index (χ3n) is 4.34. The molecule has 1 aliphatic rings. The average molecular weight is 296 g/mol. The van der Waals surface area contributed by atoms with Crippen LogP contribution in [-0.2, 0) is 0 Å². The zero-order chi connectivity index (χ0) is 15.5. The Balaban J connectivity index is 1.68. The number of piperidine rings is 1. The fraction of sp³-hybridized carbons (Fsp3) is 0.333. The molecule has 2 heterocycles. The minimum absolute atomic E-state index is 0.159. The Labute approximate surface area is 129 Å². The summed E-state index contributed by atoms with van der Waals surface area (Å²) in [4.78, 5) is 28.9. The van der Waals surface area contributed by atoms with Gasteiger partial charge in [-0.15, -0.1) is 0 Å². The molecule has 4 nitrogen and oxygen atoms in total. The number of benzene rings is 1. The second-order valence-corrected chi connectivity index (χ2v) is 5.86. The Morgan fingerprint density at radius 1 is 1.09 bits per heavy atom. The van der Waals surface area contributed by atoms with E-state index in [1.807, 2.05) is 6.07 Å². The molecule has 0 atom stereocenters. The monoisotopic (exact) mass is 296 g/mol. The van der Waals surface area contributed by atoms with Gasteiger partial charge in [-0.05, 0) is 43.4 Å². The van der Waals surface area contributed by atoms with E-state index in [9.17, 15) is 9.59 Å². The van der Waals surface area contributed by atoms with Crippen molar-refractivity contribution in [3.05, 3.63) is 69.6 Å². The smallest absolute Gasteiger partial charge is 0.260 e. The Kier molecular flexibility index (Phi) is 4.09. The van der Waals surface area contributed by atoms with Crippen LogP contribution in [0.5, 0.6) is 0 Å². The van der Waals surface area contributed by atoms with E-state index in [1.54, 1.807) is 24.0 Å². The predicted molar refractivity (Wildman–Crippen MR) is 86.1 cm³/mol. The van der Waals surface area contributed by atoms with E-state index in [1.165, 1.54) is 5.56 Å². The molecule has 0 aliphatic carbocycles. The summed E-state index contributed by atoms with van der Waals surface area (Å²) in [7, 11) is 0. The molecule has 1 aromatic heterocycles. The number of H-pyrrole nitrogens is 1. The average Bonchev–Trinajstić information content (AvgIpc) is 2.55. The van der Waals surface area contributed by atoms with E-state index in [0.29, 0.717) is 19.0 Å². The van der Waals surface area contributed by atoms with Crippen LogP contribution in [0.15, 0.2) is 47.3 Å². The van der Waals surface area contributed by atoms with Gasteiger partial charge in [-0.2, -0.15) is 0 Å². The number of pyridine rings is 1. The fourth-order valence-electron chi connectivity index (χ4n) is 3.05. The highest BCUT2D eigenvalue weighted by atomic mass is 16.2. The van der Waals surface area contributed by atoms with Crippen LogP contribution in [-0.4, -0.2) is 28.9 Å². The lowest BCUT2D eigenvalue weighted by atomic mass is 9.89. The van der Waals surface area contributed by atoms with E-state index in [2.05, 4.69) is 29.2 Å². The van der Waals surface area contributed by atoms with Crippen molar-refractivity contribution in [2.75, 3.05) is 13.1 Å². The van der Waals surface area contributed by atoms with E-state index >= 15 is 0 Å². The molecule has 0 saturated carbocycles. The lowest BCUT2D eigenvalue weighted by Gasteiger charge is -2.32. The van der Waals surface area contributed by atoms with Gasteiger partial charge < -0.3 is 9.88 Å². The summed E-state index contributed by atoms with van der Waals surface area (Å²) in [6, 6.07) is 13.8. The van der Waals surface area contributed by atoms with Gasteiger partial charge in [0.2, 0.25) is 0 Å². The molecule has 1 N–H and O–H groups in total. The van der Waals surface area contributed by atoms with Crippen LogP contribution in [0.4, 0.5) is 0 Å².